The molecule has 1 fully saturated rings. The van der Waals surface area contributed by atoms with E-state index in [1.165, 1.54) is 0 Å². The first-order valence-corrected chi connectivity index (χ1v) is 5.99. The van der Waals surface area contributed by atoms with Gasteiger partial charge in [-0.15, -0.1) is 0 Å². The summed E-state index contributed by atoms with van der Waals surface area (Å²) in [7, 11) is 0. The van der Waals surface area contributed by atoms with Crippen LogP contribution in [0.4, 0.5) is 0 Å². The highest BCUT2D eigenvalue weighted by Gasteiger charge is 2.40. The average molecular weight is 216 g/mol. The van der Waals surface area contributed by atoms with Gasteiger partial charge in [0, 0.05) is 6.42 Å². The molecule has 0 radical (unpaired) electrons. The van der Waals surface area contributed by atoms with Crippen molar-refractivity contribution in [3.63, 3.8) is 0 Å². The summed E-state index contributed by atoms with van der Waals surface area (Å²) >= 11 is 0. The molecular formula is C12H24O3. The molecule has 0 aromatic carbocycles. The summed E-state index contributed by atoms with van der Waals surface area (Å²) in [6.07, 6.45) is 4.91. The van der Waals surface area contributed by atoms with Crippen LogP contribution in [0.1, 0.15) is 59.8 Å². The second kappa shape index (κ2) is 4.81. The molecule has 0 amide bonds. The predicted octanol–water partition coefficient (Wildman–Crippen LogP) is 2.82. The Bertz CT molecular complexity index is 198. The minimum absolute atomic E-state index is 0.00926. The number of ether oxygens (including phenoxy) is 2. The number of hydrogen-bond donors (Lipinski definition) is 1. The first kappa shape index (κ1) is 12.9. The monoisotopic (exact) mass is 216 g/mol. The van der Waals surface area contributed by atoms with E-state index in [1.54, 1.807) is 13.8 Å². The SMILES string of the molecule is CCCC1(CC)CCC(OC(C)(C)O)O1. The zero-order valence-electron chi connectivity index (χ0n) is 10.4. The van der Waals surface area contributed by atoms with Gasteiger partial charge in [-0.1, -0.05) is 20.3 Å². The van der Waals surface area contributed by atoms with Crippen LogP contribution in [-0.4, -0.2) is 22.8 Å². The van der Waals surface area contributed by atoms with Crippen LogP contribution in [-0.2, 0) is 9.47 Å². The van der Waals surface area contributed by atoms with Gasteiger partial charge in [0.2, 0.25) is 0 Å². The molecule has 3 nitrogen and oxygen atoms in total. The Morgan fingerprint density at radius 1 is 1.47 bits per heavy atom. The van der Waals surface area contributed by atoms with Crippen LogP contribution in [0.25, 0.3) is 0 Å². The molecule has 0 aromatic rings. The summed E-state index contributed by atoms with van der Waals surface area (Å²) in [5, 5.41) is 9.55. The van der Waals surface area contributed by atoms with Crippen LogP contribution in [0.5, 0.6) is 0 Å². The van der Waals surface area contributed by atoms with Gasteiger partial charge in [-0.2, -0.15) is 0 Å². The zero-order valence-corrected chi connectivity index (χ0v) is 10.4. The Balaban J connectivity index is 2.49. The molecule has 0 bridgehead atoms. The normalized spacial score (nSPS) is 32.2. The molecule has 90 valence electrons. The van der Waals surface area contributed by atoms with Crippen LogP contribution < -0.4 is 0 Å². The van der Waals surface area contributed by atoms with Crippen molar-refractivity contribution in [1.82, 2.24) is 0 Å². The van der Waals surface area contributed by atoms with Gasteiger partial charge >= 0.3 is 0 Å². The molecule has 1 aliphatic rings. The fourth-order valence-electron chi connectivity index (χ4n) is 2.26. The van der Waals surface area contributed by atoms with E-state index in [-0.39, 0.29) is 11.9 Å². The van der Waals surface area contributed by atoms with Crippen LogP contribution in [0.3, 0.4) is 0 Å². The van der Waals surface area contributed by atoms with E-state index in [1.807, 2.05) is 0 Å². The molecule has 3 heteroatoms. The van der Waals surface area contributed by atoms with E-state index in [0.29, 0.717) is 0 Å². The van der Waals surface area contributed by atoms with Gasteiger partial charge < -0.3 is 14.6 Å². The Kier molecular flexibility index (Phi) is 4.15. The molecule has 15 heavy (non-hydrogen) atoms. The van der Waals surface area contributed by atoms with Crippen molar-refractivity contribution in [3.8, 4) is 0 Å². The lowest BCUT2D eigenvalue weighted by Gasteiger charge is -2.29. The third-order valence-electron chi connectivity index (χ3n) is 2.99. The molecule has 2 unspecified atom stereocenters. The summed E-state index contributed by atoms with van der Waals surface area (Å²) in [5.41, 5.74) is -0.00926. The molecular weight excluding hydrogens is 192 g/mol. The van der Waals surface area contributed by atoms with E-state index >= 15 is 0 Å². The minimum atomic E-state index is -1.10. The number of rotatable bonds is 5. The van der Waals surface area contributed by atoms with Crippen molar-refractivity contribution in [1.29, 1.82) is 0 Å². The maximum Gasteiger partial charge on any atom is 0.162 e. The Hall–Kier alpha value is -0.120. The number of hydrogen-bond acceptors (Lipinski definition) is 3. The largest absolute Gasteiger partial charge is 0.366 e. The van der Waals surface area contributed by atoms with Crippen molar-refractivity contribution in [2.45, 2.75) is 77.5 Å². The predicted molar refractivity (Wildman–Crippen MR) is 59.4 cm³/mol. The van der Waals surface area contributed by atoms with Gasteiger partial charge in [-0.25, -0.2) is 0 Å². The summed E-state index contributed by atoms with van der Waals surface area (Å²) in [5.74, 6) is -1.10. The van der Waals surface area contributed by atoms with Crippen molar-refractivity contribution in [2.75, 3.05) is 0 Å². The highest BCUT2D eigenvalue weighted by Crippen LogP contribution is 2.38. The third-order valence-corrected chi connectivity index (χ3v) is 2.99. The van der Waals surface area contributed by atoms with E-state index in [2.05, 4.69) is 13.8 Å². The quantitative estimate of drug-likeness (QED) is 0.718. The van der Waals surface area contributed by atoms with Crippen LogP contribution >= 0.6 is 0 Å². The van der Waals surface area contributed by atoms with Gasteiger partial charge in [-0.3, -0.25) is 0 Å². The lowest BCUT2D eigenvalue weighted by atomic mass is 9.92. The standard InChI is InChI=1S/C12H24O3/c1-5-8-12(6-2)9-7-10(15-12)14-11(3,4)13/h10,13H,5-9H2,1-4H3. The molecule has 1 saturated heterocycles. The van der Waals surface area contributed by atoms with Gasteiger partial charge in [0.1, 0.15) is 0 Å². The van der Waals surface area contributed by atoms with E-state index in [4.69, 9.17) is 9.47 Å². The Morgan fingerprint density at radius 3 is 2.60 bits per heavy atom. The van der Waals surface area contributed by atoms with Crippen molar-refractivity contribution in [2.24, 2.45) is 0 Å². The molecule has 0 aromatic heterocycles. The summed E-state index contributed by atoms with van der Waals surface area (Å²) in [4.78, 5) is 0. The lowest BCUT2D eigenvalue weighted by molar-refractivity contribution is -0.281. The fraction of sp³-hybridized carbons (Fsp3) is 1.00. The first-order valence-electron chi connectivity index (χ1n) is 5.99. The molecule has 1 aliphatic heterocycles. The first-order chi connectivity index (χ1) is 6.91. The van der Waals surface area contributed by atoms with Crippen molar-refractivity contribution in [3.05, 3.63) is 0 Å². The zero-order chi connectivity index (χ0) is 11.5. The molecule has 0 saturated carbocycles. The second-order valence-corrected chi connectivity index (χ2v) is 4.94. The van der Waals surface area contributed by atoms with Gasteiger partial charge in [0.15, 0.2) is 12.1 Å². The highest BCUT2D eigenvalue weighted by molar-refractivity contribution is 4.85. The van der Waals surface area contributed by atoms with Gasteiger partial charge in [-0.05, 0) is 33.1 Å². The van der Waals surface area contributed by atoms with Crippen LogP contribution in [0, 0.1) is 0 Å². The molecule has 1 heterocycles. The Labute approximate surface area is 92.8 Å². The third kappa shape index (κ3) is 3.74. The van der Waals surface area contributed by atoms with Crippen molar-refractivity contribution < 1.29 is 14.6 Å². The topological polar surface area (TPSA) is 38.7 Å². The molecule has 0 spiro atoms. The summed E-state index contributed by atoms with van der Waals surface area (Å²) < 4.78 is 11.4. The maximum atomic E-state index is 9.55. The molecule has 1 rings (SSSR count). The van der Waals surface area contributed by atoms with Gasteiger partial charge in [0.25, 0.3) is 0 Å². The molecule has 0 aliphatic carbocycles. The minimum Gasteiger partial charge on any atom is -0.366 e. The second-order valence-electron chi connectivity index (χ2n) is 4.94. The van der Waals surface area contributed by atoms with Gasteiger partial charge in [0.05, 0.1) is 5.60 Å². The van der Waals surface area contributed by atoms with Crippen molar-refractivity contribution >= 4 is 0 Å². The average Bonchev–Trinajstić information content (AvgIpc) is 2.47. The Morgan fingerprint density at radius 2 is 2.13 bits per heavy atom. The fourth-order valence-corrected chi connectivity index (χ4v) is 2.26. The van der Waals surface area contributed by atoms with Crippen LogP contribution in [0.15, 0.2) is 0 Å². The lowest BCUT2D eigenvalue weighted by Crippen LogP contribution is -2.33. The summed E-state index contributed by atoms with van der Waals surface area (Å²) in [6, 6.07) is 0. The maximum absolute atomic E-state index is 9.55. The molecule has 2 atom stereocenters. The van der Waals surface area contributed by atoms with E-state index < -0.39 is 5.79 Å². The highest BCUT2D eigenvalue weighted by atomic mass is 16.7. The van der Waals surface area contributed by atoms with E-state index in [9.17, 15) is 5.11 Å². The molecule has 1 N–H and O–H groups in total. The van der Waals surface area contributed by atoms with E-state index in [0.717, 1.165) is 32.1 Å². The smallest absolute Gasteiger partial charge is 0.162 e. The number of aliphatic hydroxyl groups is 1. The summed E-state index contributed by atoms with van der Waals surface area (Å²) in [6.45, 7) is 7.61. The van der Waals surface area contributed by atoms with Crippen LogP contribution in [0.2, 0.25) is 0 Å².